The number of nitrogens with zero attached hydrogens (tertiary/aromatic N) is 3. The summed E-state index contributed by atoms with van der Waals surface area (Å²) < 4.78 is 10.6. The number of nitrogens with one attached hydrogen (secondary N) is 1. The first-order chi connectivity index (χ1) is 13.7. The van der Waals surface area contributed by atoms with E-state index in [2.05, 4.69) is 15.5 Å². The molecule has 0 radical (unpaired) electrons. The van der Waals surface area contributed by atoms with E-state index in [1.165, 1.54) is 6.08 Å². The van der Waals surface area contributed by atoms with Crippen LogP contribution in [0.2, 0.25) is 0 Å². The van der Waals surface area contributed by atoms with Crippen LogP contribution in [0.1, 0.15) is 12.7 Å². The molecule has 4 aromatic rings. The average molecular weight is 374 g/mol. The summed E-state index contributed by atoms with van der Waals surface area (Å²) in [7, 11) is 0. The molecule has 0 atom stereocenters. The van der Waals surface area contributed by atoms with Crippen LogP contribution in [0.3, 0.4) is 0 Å². The molecule has 0 saturated carbocycles. The first-order valence-electron chi connectivity index (χ1n) is 8.84. The van der Waals surface area contributed by atoms with E-state index in [0.717, 1.165) is 17.0 Å². The van der Waals surface area contributed by atoms with E-state index in [1.54, 1.807) is 41.4 Å². The zero-order valence-electron chi connectivity index (χ0n) is 15.2. The van der Waals surface area contributed by atoms with Crippen LogP contribution >= 0.6 is 0 Å². The molecule has 1 amide bonds. The molecule has 28 heavy (non-hydrogen) atoms. The number of rotatable bonds is 6. The predicted octanol–water partition coefficient (Wildman–Crippen LogP) is 4.06. The second-order valence-corrected chi connectivity index (χ2v) is 5.96. The largest absolute Gasteiger partial charge is 0.494 e. The number of amides is 1. The lowest BCUT2D eigenvalue weighted by atomic mass is 10.2. The average Bonchev–Trinajstić information content (AvgIpc) is 3.36. The number of carbonyl (C=O) groups excluding carboxylic acids is 1. The molecule has 1 N–H and O–H groups in total. The van der Waals surface area contributed by atoms with Gasteiger partial charge in [0, 0.05) is 11.8 Å². The highest BCUT2D eigenvalue weighted by atomic mass is 16.5. The van der Waals surface area contributed by atoms with Gasteiger partial charge in [0.05, 0.1) is 18.6 Å². The smallest absolute Gasteiger partial charge is 0.248 e. The third-order valence-corrected chi connectivity index (χ3v) is 3.97. The molecular formula is C21H18N4O3. The highest BCUT2D eigenvalue weighted by Crippen LogP contribution is 2.19. The number of ether oxygens (including phenoxy) is 1. The lowest BCUT2D eigenvalue weighted by Crippen LogP contribution is -2.07. The molecule has 2 heterocycles. The number of anilines is 1. The van der Waals surface area contributed by atoms with Crippen molar-refractivity contribution >= 4 is 28.7 Å². The van der Waals surface area contributed by atoms with Crippen molar-refractivity contribution in [1.29, 1.82) is 0 Å². The standard InChI is InChI=1S/C21H18N4O3/c1-2-27-18-8-6-16(7-9-18)25-23-19-11-5-15(14-20(19)24-25)22-21(26)12-10-17-4-3-13-28-17/h3-14H,2H2,1H3,(H,22,26)/b12-10+. The first kappa shape index (κ1) is 17.5. The maximum absolute atomic E-state index is 12.1. The highest BCUT2D eigenvalue weighted by molar-refractivity contribution is 6.02. The Labute approximate surface area is 161 Å². The summed E-state index contributed by atoms with van der Waals surface area (Å²) in [6.07, 6.45) is 4.58. The molecule has 0 aliphatic carbocycles. The number of hydrogen-bond donors (Lipinski definition) is 1. The zero-order chi connectivity index (χ0) is 19.3. The van der Waals surface area contributed by atoms with E-state index in [-0.39, 0.29) is 5.91 Å². The lowest BCUT2D eigenvalue weighted by molar-refractivity contribution is -0.111. The van der Waals surface area contributed by atoms with Crippen LogP contribution in [0, 0.1) is 0 Å². The van der Waals surface area contributed by atoms with Crippen molar-refractivity contribution < 1.29 is 13.9 Å². The maximum atomic E-state index is 12.1. The minimum Gasteiger partial charge on any atom is -0.494 e. The van der Waals surface area contributed by atoms with Gasteiger partial charge in [0.15, 0.2) is 0 Å². The summed E-state index contributed by atoms with van der Waals surface area (Å²) in [5, 5.41) is 11.8. The number of aromatic nitrogens is 3. The van der Waals surface area contributed by atoms with E-state index in [0.29, 0.717) is 23.6 Å². The Morgan fingerprint density at radius 3 is 2.71 bits per heavy atom. The van der Waals surface area contributed by atoms with Gasteiger partial charge in [-0.1, -0.05) is 0 Å². The lowest BCUT2D eigenvalue weighted by Gasteiger charge is -2.03. The molecular weight excluding hydrogens is 356 g/mol. The highest BCUT2D eigenvalue weighted by Gasteiger charge is 2.07. The SMILES string of the molecule is CCOc1ccc(-n2nc3ccc(NC(=O)/C=C/c4ccco4)cc3n2)cc1. The normalized spacial score (nSPS) is 11.2. The van der Waals surface area contributed by atoms with Crippen LogP contribution in [-0.2, 0) is 4.79 Å². The van der Waals surface area contributed by atoms with Crippen molar-refractivity contribution in [2.75, 3.05) is 11.9 Å². The van der Waals surface area contributed by atoms with Gasteiger partial charge in [-0.15, -0.1) is 10.2 Å². The molecule has 4 rings (SSSR count). The Morgan fingerprint density at radius 1 is 1.14 bits per heavy atom. The fraction of sp³-hybridized carbons (Fsp3) is 0.0952. The summed E-state index contributed by atoms with van der Waals surface area (Å²) >= 11 is 0. The van der Waals surface area contributed by atoms with Crippen molar-refractivity contribution in [3.63, 3.8) is 0 Å². The fourth-order valence-electron chi connectivity index (χ4n) is 2.68. The minimum absolute atomic E-state index is 0.255. The van der Waals surface area contributed by atoms with Gasteiger partial charge in [-0.25, -0.2) is 0 Å². The van der Waals surface area contributed by atoms with Gasteiger partial charge in [0.2, 0.25) is 5.91 Å². The summed E-state index contributed by atoms with van der Waals surface area (Å²) in [6.45, 7) is 2.56. The predicted molar refractivity (Wildman–Crippen MR) is 106 cm³/mol. The number of hydrogen-bond acceptors (Lipinski definition) is 5. The van der Waals surface area contributed by atoms with Crippen LogP contribution in [0.5, 0.6) is 5.75 Å². The Balaban J connectivity index is 1.50. The number of carbonyl (C=O) groups is 1. The second kappa shape index (κ2) is 7.79. The molecule has 7 nitrogen and oxygen atoms in total. The third-order valence-electron chi connectivity index (χ3n) is 3.97. The summed E-state index contributed by atoms with van der Waals surface area (Å²) in [4.78, 5) is 13.6. The van der Waals surface area contributed by atoms with Crippen LogP contribution in [0.15, 0.2) is 71.4 Å². The monoisotopic (exact) mass is 374 g/mol. The van der Waals surface area contributed by atoms with Gasteiger partial charge in [0.1, 0.15) is 22.5 Å². The minimum atomic E-state index is -0.255. The topological polar surface area (TPSA) is 82.2 Å². The Morgan fingerprint density at radius 2 is 1.96 bits per heavy atom. The van der Waals surface area contributed by atoms with E-state index < -0.39 is 0 Å². The third kappa shape index (κ3) is 3.93. The number of benzene rings is 2. The van der Waals surface area contributed by atoms with Gasteiger partial charge in [-0.05, 0) is 67.6 Å². The van der Waals surface area contributed by atoms with Gasteiger partial charge < -0.3 is 14.5 Å². The first-order valence-corrected chi connectivity index (χ1v) is 8.84. The molecule has 0 bridgehead atoms. The number of furan rings is 1. The molecule has 2 aromatic carbocycles. The Hall–Kier alpha value is -3.87. The molecule has 140 valence electrons. The fourth-order valence-corrected chi connectivity index (χ4v) is 2.68. The van der Waals surface area contributed by atoms with Gasteiger partial charge >= 0.3 is 0 Å². The molecule has 0 saturated heterocycles. The molecule has 0 aliphatic heterocycles. The van der Waals surface area contributed by atoms with E-state index in [1.807, 2.05) is 37.3 Å². The zero-order valence-corrected chi connectivity index (χ0v) is 15.2. The van der Waals surface area contributed by atoms with Crippen molar-refractivity contribution in [2.24, 2.45) is 0 Å². The molecule has 7 heteroatoms. The van der Waals surface area contributed by atoms with E-state index in [4.69, 9.17) is 9.15 Å². The van der Waals surface area contributed by atoms with Crippen molar-refractivity contribution in [3.05, 3.63) is 72.7 Å². The summed E-state index contributed by atoms with van der Waals surface area (Å²) in [6, 6.07) is 16.5. The molecule has 0 fully saturated rings. The van der Waals surface area contributed by atoms with Crippen LogP contribution in [0.25, 0.3) is 22.8 Å². The van der Waals surface area contributed by atoms with Crippen molar-refractivity contribution in [2.45, 2.75) is 6.92 Å². The Bertz CT molecular complexity index is 1110. The van der Waals surface area contributed by atoms with Crippen molar-refractivity contribution in [3.8, 4) is 11.4 Å². The van der Waals surface area contributed by atoms with Crippen LogP contribution in [0.4, 0.5) is 5.69 Å². The van der Waals surface area contributed by atoms with Crippen molar-refractivity contribution in [1.82, 2.24) is 15.0 Å². The van der Waals surface area contributed by atoms with Gasteiger partial charge in [0.25, 0.3) is 0 Å². The second-order valence-electron chi connectivity index (χ2n) is 5.96. The summed E-state index contributed by atoms with van der Waals surface area (Å²) in [5.74, 6) is 1.16. The van der Waals surface area contributed by atoms with Crippen LogP contribution < -0.4 is 10.1 Å². The van der Waals surface area contributed by atoms with E-state index >= 15 is 0 Å². The summed E-state index contributed by atoms with van der Waals surface area (Å²) in [5.41, 5.74) is 2.88. The molecule has 0 spiro atoms. The van der Waals surface area contributed by atoms with Gasteiger partial charge in [-0.2, -0.15) is 4.80 Å². The van der Waals surface area contributed by atoms with Crippen LogP contribution in [-0.4, -0.2) is 27.5 Å². The quantitative estimate of drug-likeness (QED) is 0.515. The van der Waals surface area contributed by atoms with E-state index in [9.17, 15) is 4.79 Å². The maximum Gasteiger partial charge on any atom is 0.248 e. The Kier molecular flexibility index (Phi) is 4.88. The molecule has 0 unspecified atom stereocenters. The van der Waals surface area contributed by atoms with Gasteiger partial charge in [-0.3, -0.25) is 4.79 Å². The molecule has 2 aromatic heterocycles. The number of fused-ring (bicyclic) bond motifs is 1. The molecule has 0 aliphatic rings.